The molecule has 1 aliphatic rings. The molecule has 7 heteroatoms. The highest BCUT2D eigenvalue weighted by atomic mass is 16.2. The van der Waals surface area contributed by atoms with Gasteiger partial charge in [-0.1, -0.05) is 6.07 Å². The molecule has 3 rings (SSSR count). The maximum Gasteiger partial charge on any atom is 0.317 e. The number of carbonyl (C=O) groups excluding carboxylic acids is 2. The molecule has 1 fully saturated rings. The number of urea groups is 1. The first-order valence-corrected chi connectivity index (χ1v) is 8.22. The Hall–Kier alpha value is -2.57. The van der Waals surface area contributed by atoms with Gasteiger partial charge in [-0.3, -0.25) is 4.79 Å². The van der Waals surface area contributed by atoms with E-state index >= 15 is 0 Å². The normalized spacial score (nSPS) is 17.9. The number of aromatic amines is 1. The second-order valence-corrected chi connectivity index (χ2v) is 6.43. The van der Waals surface area contributed by atoms with E-state index in [1.807, 2.05) is 13.0 Å². The predicted octanol–water partition coefficient (Wildman–Crippen LogP) is 1.59. The van der Waals surface area contributed by atoms with Gasteiger partial charge in [0.1, 0.15) is 5.82 Å². The number of benzene rings is 1. The van der Waals surface area contributed by atoms with Crippen LogP contribution in [-0.4, -0.2) is 39.9 Å². The molecule has 0 bridgehead atoms. The third kappa shape index (κ3) is 3.20. The van der Waals surface area contributed by atoms with Crippen LogP contribution in [0.4, 0.5) is 4.79 Å². The van der Waals surface area contributed by atoms with E-state index in [1.54, 1.807) is 4.90 Å². The van der Waals surface area contributed by atoms with Crippen molar-refractivity contribution in [3.05, 3.63) is 29.1 Å². The lowest BCUT2D eigenvalue weighted by molar-refractivity contribution is -0.123. The summed E-state index contributed by atoms with van der Waals surface area (Å²) in [6.45, 7) is 5.45. The number of piperidine rings is 1. The molecule has 1 atom stereocenters. The van der Waals surface area contributed by atoms with Crippen LogP contribution in [0.5, 0.6) is 0 Å². The van der Waals surface area contributed by atoms with E-state index in [0.29, 0.717) is 19.6 Å². The van der Waals surface area contributed by atoms with Crippen LogP contribution < -0.4 is 11.1 Å². The molecule has 0 radical (unpaired) electrons. The molecular weight excluding hydrogens is 306 g/mol. The van der Waals surface area contributed by atoms with Crippen molar-refractivity contribution in [1.29, 1.82) is 0 Å². The fourth-order valence-corrected chi connectivity index (χ4v) is 3.11. The van der Waals surface area contributed by atoms with Crippen molar-refractivity contribution in [3.63, 3.8) is 0 Å². The second-order valence-electron chi connectivity index (χ2n) is 6.43. The smallest absolute Gasteiger partial charge is 0.317 e. The molecule has 1 aromatic carbocycles. The Labute approximate surface area is 140 Å². The molecule has 1 aliphatic heterocycles. The number of likely N-dealkylation sites (tertiary alicyclic amines) is 1. The lowest BCUT2D eigenvalue weighted by Gasteiger charge is -2.31. The first kappa shape index (κ1) is 16.3. The number of amides is 3. The molecule has 0 saturated carbocycles. The summed E-state index contributed by atoms with van der Waals surface area (Å²) in [5, 5.41) is 2.86. The summed E-state index contributed by atoms with van der Waals surface area (Å²) in [5.41, 5.74) is 9.59. The Morgan fingerprint density at radius 2 is 2.21 bits per heavy atom. The number of H-pyrrole nitrogens is 1. The molecule has 0 spiro atoms. The van der Waals surface area contributed by atoms with Crippen LogP contribution in [0.2, 0.25) is 0 Å². The van der Waals surface area contributed by atoms with E-state index in [9.17, 15) is 9.59 Å². The number of imidazole rings is 1. The first-order chi connectivity index (χ1) is 11.5. The van der Waals surface area contributed by atoms with Gasteiger partial charge in [0, 0.05) is 13.1 Å². The number of aromatic nitrogens is 2. The van der Waals surface area contributed by atoms with E-state index in [4.69, 9.17) is 5.73 Å². The standard InChI is InChI=1S/C17H23N5O2/c1-10-5-6-13-15(11(10)2)21-14(20-13)8-19-17(24)22-7-3-4-12(9-22)16(18)23/h5-6,12H,3-4,7-9H2,1-2H3,(H2,18,23)(H,19,24)(H,20,21)/t12-/m1/s1. The molecule has 0 aliphatic carbocycles. The van der Waals surface area contributed by atoms with Crippen LogP contribution in [-0.2, 0) is 11.3 Å². The average molecular weight is 329 g/mol. The average Bonchev–Trinajstić information content (AvgIpc) is 3.00. The molecule has 0 unspecified atom stereocenters. The molecule has 1 aromatic heterocycles. The molecule has 7 nitrogen and oxygen atoms in total. The van der Waals surface area contributed by atoms with Crippen molar-refractivity contribution in [1.82, 2.24) is 20.2 Å². The highest BCUT2D eigenvalue weighted by Crippen LogP contribution is 2.19. The molecule has 3 amide bonds. The first-order valence-electron chi connectivity index (χ1n) is 8.22. The van der Waals surface area contributed by atoms with Crippen molar-refractivity contribution < 1.29 is 9.59 Å². The molecule has 2 heterocycles. The summed E-state index contributed by atoms with van der Waals surface area (Å²) in [6, 6.07) is 3.86. The number of hydrogen-bond donors (Lipinski definition) is 3. The number of fused-ring (bicyclic) bond motifs is 1. The maximum absolute atomic E-state index is 12.3. The van der Waals surface area contributed by atoms with Gasteiger partial charge in [-0.2, -0.15) is 0 Å². The minimum absolute atomic E-state index is 0.186. The third-order valence-electron chi connectivity index (χ3n) is 4.75. The Morgan fingerprint density at radius 1 is 1.42 bits per heavy atom. The van der Waals surface area contributed by atoms with E-state index in [2.05, 4.69) is 28.3 Å². The van der Waals surface area contributed by atoms with Gasteiger partial charge >= 0.3 is 6.03 Å². The fraction of sp³-hybridized carbons (Fsp3) is 0.471. The van der Waals surface area contributed by atoms with Crippen molar-refractivity contribution in [2.75, 3.05) is 13.1 Å². The third-order valence-corrected chi connectivity index (χ3v) is 4.75. The highest BCUT2D eigenvalue weighted by Gasteiger charge is 2.26. The number of hydrogen-bond acceptors (Lipinski definition) is 3. The topological polar surface area (TPSA) is 104 Å². The van der Waals surface area contributed by atoms with Crippen LogP contribution in [0.1, 0.15) is 29.8 Å². The number of carbonyl (C=O) groups is 2. The van der Waals surface area contributed by atoms with Crippen LogP contribution in [0, 0.1) is 19.8 Å². The van der Waals surface area contributed by atoms with E-state index in [0.717, 1.165) is 35.3 Å². The molecule has 2 aromatic rings. The Kier molecular flexibility index (Phi) is 4.42. The van der Waals surface area contributed by atoms with Crippen LogP contribution in [0.3, 0.4) is 0 Å². The molecule has 4 N–H and O–H groups in total. The SMILES string of the molecule is Cc1ccc2[nH]c(CNC(=O)N3CCC[C@@H](C(N)=O)C3)nc2c1C. The van der Waals surface area contributed by atoms with Crippen LogP contribution in [0.25, 0.3) is 11.0 Å². The number of nitrogens with zero attached hydrogens (tertiary/aromatic N) is 2. The lowest BCUT2D eigenvalue weighted by atomic mass is 9.98. The van der Waals surface area contributed by atoms with Crippen LogP contribution >= 0.6 is 0 Å². The van der Waals surface area contributed by atoms with Gasteiger partial charge in [0.25, 0.3) is 0 Å². The zero-order valence-corrected chi connectivity index (χ0v) is 14.1. The second kappa shape index (κ2) is 6.51. The van der Waals surface area contributed by atoms with E-state index in [1.165, 1.54) is 5.56 Å². The summed E-state index contributed by atoms with van der Waals surface area (Å²) >= 11 is 0. The summed E-state index contributed by atoms with van der Waals surface area (Å²) in [4.78, 5) is 33.1. The van der Waals surface area contributed by atoms with E-state index in [-0.39, 0.29) is 17.9 Å². The summed E-state index contributed by atoms with van der Waals surface area (Å²) < 4.78 is 0. The van der Waals surface area contributed by atoms with Gasteiger partial charge in [0.15, 0.2) is 0 Å². The van der Waals surface area contributed by atoms with Gasteiger partial charge in [-0.15, -0.1) is 0 Å². The number of nitrogens with two attached hydrogens (primary N) is 1. The van der Waals surface area contributed by atoms with Gasteiger partial charge < -0.3 is 20.9 Å². The van der Waals surface area contributed by atoms with Crippen molar-refractivity contribution in [2.45, 2.75) is 33.2 Å². The zero-order valence-electron chi connectivity index (χ0n) is 14.1. The molecule has 1 saturated heterocycles. The van der Waals surface area contributed by atoms with Gasteiger partial charge in [0.2, 0.25) is 5.91 Å². The number of nitrogens with one attached hydrogen (secondary N) is 2. The maximum atomic E-state index is 12.3. The summed E-state index contributed by atoms with van der Waals surface area (Å²) in [6.07, 6.45) is 1.55. The zero-order chi connectivity index (χ0) is 17.3. The molecule has 24 heavy (non-hydrogen) atoms. The van der Waals surface area contributed by atoms with E-state index < -0.39 is 0 Å². The quantitative estimate of drug-likeness (QED) is 0.796. The Morgan fingerprint density at radius 3 is 2.96 bits per heavy atom. The van der Waals surface area contributed by atoms with Crippen molar-refractivity contribution >= 4 is 23.0 Å². The van der Waals surface area contributed by atoms with Crippen LogP contribution in [0.15, 0.2) is 12.1 Å². The van der Waals surface area contributed by atoms with Crippen molar-refractivity contribution in [3.8, 4) is 0 Å². The summed E-state index contributed by atoms with van der Waals surface area (Å²) in [5.74, 6) is 0.132. The Bertz CT molecular complexity index is 783. The van der Waals surface area contributed by atoms with Crippen molar-refractivity contribution in [2.24, 2.45) is 11.7 Å². The number of primary amides is 1. The lowest BCUT2D eigenvalue weighted by Crippen LogP contribution is -2.48. The largest absolute Gasteiger partial charge is 0.369 e. The molecule has 128 valence electrons. The monoisotopic (exact) mass is 329 g/mol. The minimum Gasteiger partial charge on any atom is -0.369 e. The van der Waals surface area contributed by atoms with Gasteiger partial charge in [-0.05, 0) is 43.9 Å². The Balaban J connectivity index is 1.64. The number of rotatable bonds is 3. The van der Waals surface area contributed by atoms with Gasteiger partial charge in [-0.25, -0.2) is 9.78 Å². The molecular formula is C17H23N5O2. The summed E-state index contributed by atoms with van der Waals surface area (Å²) in [7, 11) is 0. The fourth-order valence-electron chi connectivity index (χ4n) is 3.11. The van der Waals surface area contributed by atoms with Gasteiger partial charge in [0.05, 0.1) is 23.5 Å². The predicted molar refractivity (Wildman–Crippen MR) is 91.3 cm³/mol. The number of aryl methyl sites for hydroxylation is 2. The minimum atomic E-state index is -0.337. The highest BCUT2D eigenvalue weighted by molar-refractivity contribution is 5.81.